The molecule has 0 aliphatic carbocycles. The van der Waals surface area contributed by atoms with Crippen molar-refractivity contribution in [2.24, 2.45) is 0 Å². The second kappa shape index (κ2) is 6.17. The molecule has 0 aliphatic rings. The van der Waals surface area contributed by atoms with Gasteiger partial charge in [-0.1, -0.05) is 36.4 Å². The largest absolute Gasteiger partial charge is 0.486 e. The first-order chi connectivity index (χ1) is 8.79. The molecule has 2 nitrogen and oxygen atoms in total. The van der Waals surface area contributed by atoms with Gasteiger partial charge in [0, 0.05) is 6.61 Å². The maximum Gasteiger partial charge on any atom is 0.165 e. The van der Waals surface area contributed by atoms with Gasteiger partial charge in [0.25, 0.3) is 0 Å². The lowest BCUT2D eigenvalue weighted by molar-refractivity contribution is 0.287. The third kappa shape index (κ3) is 3.31. The van der Waals surface area contributed by atoms with E-state index in [0.29, 0.717) is 13.0 Å². The van der Waals surface area contributed by atoms with Crippen LogP contribution in [-0.4, -0.2) is 11.7 Å². The van der Waals surface area contributed by atoms with Crippen LogP contribution in [0, 0.1) is 5.82 Å². The molecule has 0 amide bonds. The number of aliphatic hydroxyl groups excluding tert-OH is 1. The first-order valence-electron chi connectivity index (χ1n) is 5.85. The van der Waals surface area contributed by atoms with Gasteiger partial charge in [-0.05, 0) is 29.7 Å². The fourth-order valence-corrected chi connectivity index (χ4v) is 1.68. The summed E-state index contributed by atoms with van der Waals surface area (Å²) in [6.45, 7) is 0.379. The minimum absolute atomic E-state index is 0.0454. The van der Waals surface area contributed by atoms with Crippen molar-refractivity contribution in [2.45, 2.75) is 13.0 Å². The summed E-state index contributed by atoms with van der Waals surface area (Å²) in [6, 6.07) is 14.3. The molecule has 0 saturated heterocycles. The number of rotatable bonds is 5. The van der Waals surface area contributed by atoms with Crippen LogP contribution in [0.5, 0.6) is 5.75 Å². The molecule has 0 bridgehead atoms. The van der Waals surface area contributed by atoms with Crippen LogP contribution in [0.4, 0.5) is 4.39 Å². The number of benzene rings is 2. The third-order valence-electron chi connectivity index (χ3n) is 2.63. The summed E-state index contributed by atoms with van der Waals surface area (Å²) in [6.07, 6.45) is 0.502. The average molecular weight is 246 g/mol. The van der Waals surface area contributed by atoms with Crippen LogP contribution in [0.3, 0.4) is 0 Å². The Balaban J connectivity index is 2.06. The third-order valence-corrected chi connectivity index (χ3v) is 2.63. The van der Waals surface area contributed by atoms with Crippen LogP contribution in [0.25, 0.3) is 0 Å². The topological polar surface area (TPSA) is 29.5 Å². The molecule has 0 saturated carbocycles. The second-order valence-electron chi connectivity index (χ2n) is 4.01. The summed E-state index contributed by atoms with van der Waals surface area (Å²) in [5, 5.41) is 8.85. The number of hydrogen-bond donors (Lipinski definition) is 1. The van der Waals surface area contributed by atoms with Crippen LogP contribution in [-0.2, 0) is 13.0 Å². The van der Waals surface area contributed by atoms with Crippen molar-refractivity contribution >= 4 is 0 Å². The van der Waals surface area contributed by atoms with E-state index in [1.807, 2.05) is 30.3 Å². The summed E-state index contributed by atoms with van der Waals surface area (Å²) in [7, 11) is 0. The molecule has 2 rings (SSSR count). The molecule has 0 aliphatic heterocycles. The quantitative estimate of drug-likeness (QED) is 0.879. The highest BCUT2D eigenvalue weighted by Gasteiger charge is 2.05. The zero-order chi connectivity index (χ0) is 12.8. The highest BCUT2D eigenvalue weighted by atomic mass is 19.1. The molecule has 94 valence electrons. The zero-order valence-electron chi connectivity index (χ0n) is 9.97. The van der Waals surface area contributed by atoms with Gasteiger partial charge in [-0.15, -0.1) is 0 Å². The summed E-state index contributed by atoms with van der Waals surface area (Å²) in [4.78, 5) is 0. The summed E-state index contributed by atoms with van der Waals surface area (Å²) < 4.78 is 19.0. The van der Waals surface area contributed by atoms with E-state index < -0.39 is 0 Å². The van der Waals surface area contributed by atoms with E-state index in [2.05, 4.69) is 0 Å². The molecule has 0 fully saturated rings. The van der Waals surface area contributed by atoms with Gasteiger partial charge in [-0.2, -0.15) is 0 Å². The SMILES string of the molecule is OCCc1ccc(F)c(OCc2ccccc2)c1. The molecule has 0 radical (unpaired) electrons. The van der Waals surface area contributed by atoms with E-state index in [-0.39, 0.29) is 18.2 Å². The van der Waals surface area contributed by atoms with E-state index in [1.165, 1.54) is 6.07 Å². The number of ether oxygens (including phenoxy) is 1. The lowest BCUT2D eigenvalue weighted by Crippen LogP contribution is -1.99. The highest BCUT2D eigenvalue weighted by molar-refractivity contribution is 5.30. The molecule has 0 atom stereocenters. The van der Waals surface area contributed by atoms with Crippen molar-refractivity contribution < 1.29 is 14.2 Å². The van der Waals surface area contributed by atoms with Crippen molar-refractivity contribution in [3.05, 3.63) is 65.5 Å². The Kier molecular flexibility index (Phi) is 4.31. The Hall–Kier alpha value is -1.87. The van der Waals surface area contributed by atoms with Crippen molar-refractivity contribution in [2.75, 3.05) is 6.61 Å². The van der Waals surface area contributed by atoms with Crippen molar-refractivity contribution in [3.8, 4) is 5.75 Å². The molecule has 18 heavy (non-hydrogen) atoms. The molecule has 1 N–H and O–H groups in total. The standard InChI is InChI=1S/C15H15FO2/c16-14-7-6-12(8-9-17)10-15(14)18-11-13-4-2-1-3-5-13/h1-7,10,17H,8-9,11H2. The maximum absolute atomic E-state index is 13.5. The van der Waals surface area contributed by atoms with Crippen LogP contribution in [0.15, 0.2) is 48.5 Å². The molecule has 0 heterocycles. The minimum atomic E-state index is -0.382. The maximum atomic E-state index is 13.5. The molecule has 0 spiro atoms. The second-order valence-corrected chi connectivity index (χ2v) is 4.01. The van der Waals surface area contributed by atoms with Crippen LogP contribution < -0.4 is 4.74 Å². The highest BCUT2D eigenvalue weighted by Crippen LogP contribution is 2.20. The molecule has 2 aromatic rings. The molecule has 2 aromatic carbocycles. The van der Waals surface area contributed by atoms with Crippen LogP contribution in [0.1, 0.15) is 11.1 Å². The van der Waals surface area contributed by atoms with E-state index in [9.17, 15) is 4.39 Å². The summed E-state index contributed by atoms with van der Waals surface area (Å²) in [5.41, 5.74) is 1.85. The Morgan fingerprint density at radius 1 is 1.00 bits per heavy atom. The van der Waals surface area contributed by atoms with E-state index >= 15 is 0 Å². The van der Waals surface area contributed by atoms with Crippen molar-refractivity contribution in [1.82, 2.24) is 0 Å². The van der Waals surface area contributed by atoms with Crippen LogP contribution >= 0.6 is 0 Å². The van der Waals surface area contributed by atoms with Gasteiger partial charge in [-0.25, -0.2) is 4.39 Å². The first-order valence-corrected chi connectivity index (χ1v) is 5.85. The van der Waals surface area contributed by atoms with E-state index in [0.717, 1.165) is 11.1 Å². The Morgan fingerprint density at radius 3 is 2.50 bits per heavy atom. The fraction of sp³-hybridized carbons (Fsp3) is 0.200. The molecule has 0 unspecified atom stereocenters. The van der Waals surface area contributed by atoms with E-state index in [1.54, 1.807) is 12.1 Å². The van der Waals surface area contributed by atoms with Crippen molar-refractivity contribution in [1.29, 1.82) is 0 Å². The molecule has 3 heteroatoms. The number of hydrogen-bond acceptors (Lipinski definition) is 2. The van der Waals surface area contributed by atoms with Gasteiger partial charge < -0.3 is 9.84 Å². The van der Waals surface area contributed by atoms with Gasteiger partial charge in [0.1, 0.15) is 6.61 Å². The summed E-state index contributed by atoms with van der Waals surface area (Å²) in [5.74, 6) is -0.155. The van der Waals surface area contributed by atoms with Gasteiger partial charge in [0.2, 0.25) is 0 Å². The van der Waals surface area contributed by atoms with E-state index in [4.69, 9.17) is 9.84 Å². The molecular weight excluding hydrogens is 231 g/mol. The fourth-order valence-electron chi connectivity index (χ4n) is 1.68. The smallest absolute Gasteiger partial charge is 0.165 e. The van der Waals surface area contributed by atoms with Gasteiger partial charge >= 0.3 is 0 Å². The Morgan fingerprint density at radius 2 is 1.78 bits per heavy atom. The Bertz CT molecular complexity index is 497. The van der Waals surface area contributed by atoms with Crippen molar-refractivity contribution in [3.63, 3.8) is 0 Å². The molecular formula is C15H15FO2. The number of halogens is 1. The monoisotopic (exact) mass is 246 g/mol. The minimum Gasteiger partial charge on any atom is -0.486 e. The van der Waals surface area contributed by atoms with Crippen LogP contribution in [0.2, 0.25) is 0 Å². The zero-order valence-corrected chi connectivity index (χ0v) is 9.97. The lowest BCUT2D eigenvalue weighted by atomic mass is 10.1. The average Bonchev–Trinajstić information content (AvgIpc) is 2.41. The first kappa shape index (κ1) is 12.6. The Labute approximate surface area is 106 Å². The summed E-state index contributed by atoms with van der Waals surface area (Å²) >= 11 is 0. The van der Waals surface area contributed by atoms with Gasteiger partial charge in [0.05, 0.1) is 0 Å². The van der Waals surface area contributed by atoms with Gasteiger partial charge in [0.15, 0.2) is 11.6 Å². The lowest BCUT2D eigenvalue weighted by Gasteiger charge is -2.09. The number of aliphatic hydroxyl groups is 1. The predicted molar refractivity (Wildman–Crippen MR) is 68.0 cm³/mol. The van der Waals surface area contributed by atoms with Gasteiger partial charge in [-0.3, -0.25) is 0 Å². The molecule has 0 aromatic heterocycles. The predicted octanol–water partition coefficient (Wildman–Crippen LogP) is 2.94. The normalized spacial score (nSPS) is 10.3.